The summed E-state index contributed by atoms with van der Waals surface area (Å²) in [6, 6.07) is 0. The minimum atomic E-state index is -0.569. The summed E-state index contributed by atoms with van der Waals surface area (Å²) < 4.78 is 15.1. The van der Waals surface area contributed by atoms with Gasteiger partial charge in [-0.25, -0.2) is 4.79 Å². The molecule has 0 aliphatic carbocycles. The van der Waals surface area contributed by atoms with Gasteiger partial charge in [0.2, 0.25) is 0 Å². The summed E-state index contributed by atoms with van der Waals surface area (Å²) in [6.45, 7) is 3.83. The van der Waals surface area contributed by atoms with Crippen LogP contribution < -0.4 is 0 Å². The molecule has 1 heterocycles. The van der Waals surface area contributed by atoms with Crippen LogP contribution in [0.5, 0.6) is 0 Å². The first-order valence-electron chi connectivity index (χ1n) is 11.2. The fourth-order valence-corrected chi connectivity index (χ4v) is 3.41. The van der Waals surface area contributed by atoms with E-state index in [-0.39, 0.29) is 6.10 Å². The van der Waals surface area contributed by atoms with Gasteiger partial charge in [0.15, 0.2) is 6.10 Å². The summed E-state index contributed by atoms with van der Waals surface area (Å²) in [6.07, 6.45) is 21.3. The van der Waals surface area contributed by atoms with E-state index in [1.54, 1.807) is 0 Å². The Labute approximate surface area is 161 Å². The molecule has 1 aliphatic rings. The Balaban J connectivity index is 1.65. The number of carbonyl (C=O) groups excluding carboxylic acids is 1. The first kappa shape index (κ1) is 23.3. The molecule has 154 valence electrons. The summed E-state index contributed by atoms with van der Waals surface area (Å²) in [5.74, 6) is 0. The maximum absolute atomic E-state index is 10.7. The highest BCUT2D eigenvalue weighted by atomic mass is 16.8. The number of rotatable bonds is 19. The predicted molar refractivity (Wildman–Crippen MR) is 107 cm³/mol. The van der Waals surface area contributed by atoms with Crippen LogP contribution in [0.4, 0.5) is 4.79 Å². The molecular weight excluding hydrogens is 328 g/mol. The molecule has 0 N–H and O–H groups in total. The van der Waals surface area contributed by atoms with Gasteiger partial charge in [0, 0.05) is 6.61 Å². The van der Waals surface area contributed by atoms with E-state index in [9.17, 15) is 4.79 Å². The molecule has 0 bridgehead atoms. The van der Waals surface area contributed by atoms with Gasteiger partial charge in [0.05, 0.1) is 6.61 Å². The normalized spacial score (nSPS) is 16.7. The lowest BCUT2D eigenvalue weighted by Gasteiger charge is -2.07. The van der Waals surface area contributed by atoms with Crippen LogP contribution in [0.3, 0.4) is 0 Å². The van der Waals surface area contributed by atoms with Gasteiger partial charge in [-0.05, 0) is 6.42 Å². The van der Waals surface area contributed by atoms with Crippen LogP contribution in [0.15, 0.2) is 0 Å². The Morgan fingerprint density at radius 1 is 0.769 bits per heavy atom. The summed E-state index contributed by atoms with van der Waals surface area (Å²) >= 11 is 0. The van der Waals surface area contributed by atoms with Crippen molar-refractivity contribution in [3.63, 3.8) is 0 Å². The molecule has 0 amide bonds. The van der Waals surface area contributed by atoms with E-state index >= 15 is 0 Å². The van der Waals surface area contributed by atoms with Crippen LogP contribution in [0.2, 0.25) is 0 Å². The zero-order valence-electron chi connectivity index (χ0n) is 17.1. The highest BCUT2D eigenvalue weighted by Gasteiger charge is 2.24. The molecule has 0 aromatic rings. The van der Waals surface area contributed by atoms with Crippen molar-refractivity contribution in [1.29, 1.82) is 0 Å². The van der Waals surface area contributed by atoms with Crippen molar-refractivity contribution in [2.24, 2.45) is 0 Å². The number of unbranched alkanes of at least 4 members (excludes halogenated alkanes) is 15. The van der Waals surface area contributed by atoms with E-state index in [4.69, 9.17) is 14.2 Å². The molecular formula is C22H42O4. The van der Waals surface area contributed by atoms with Crippen LogP contribution in [-0.4, -0.2) is 32.1 Å². The van der Waals surface area contributed by atoms with Gasteiger partial charge in [-0.2, -0.15) is 0 Å². The van der Waals surface area contributed by atoms with Crippen LogP contribution >= 0.6 is 0 Å². The monoisotopic (exact) mass is 370 g/mol. The molecule has 1 rings (SSSR count). The first-order valence-corrected chi connectivity index (χ1v) is 11.2. The van der Waals surface area contributed by atoms with E-state index in [2.05, 4.69) is 6.92 Å². The van der Waals surface area contributed by atoms with Crippen LogP contribution in [0.25, 0.3) is 0 Å². The average molecular weight is 371 g/mol. The molecule has 4 heteroatoms. The maximum Gasteiger partial charge on any atom is 0.508 e. The minimum absolute atomic E-state index is 0.205. The van der Waals surface area contributed by atoms with Gasteiger partial charge < -0.3 is 14.2 Å². The number of hydrogen-bond acceptors (Lipinski definition) is 4. The standard InChI is InChI=1S/C22H42O4/c1-2-3-4-5-6-7-8-9-10-11-12-13-14-15-16-17-18-24-19-21-20-25-22(23)26-21/h21H,2-20H2,1H3. The summed E-state index contributed by atoms with van der Waals surface area (Å²) in [5.41, 5.74) is 0. The number of ether oxygens (including phenoxy) is 3. The molecule has 1 atom stereocenters. The minimum Gasteiger partial charge on any atom is -0.430 e. The molecule has 26 heavy (non-hydrogen) atoms. The lowest BCUT2D eigenvalue weighted by atomic mass is 10.0. The van der Waals surface area contributed by atoms with E-state index in [0.29, 0.717) is 13.2 Å². The highest BCUT2D eigenvalue weighted by Crippen LogP contribution is 2.14. The molecule has 0 aromatic carbocycles. The van der Waals surface area contributed by atoms with Gasteiger partial charge in [-0.15, -0.1) is 0 Å². The maximum atomic E-state index is 10.7. The van der Waals surface area contributed by atoms with Crippen molar-refractivity contribution < 1.29 is 19.0 Å². The SMILES string of the molecule is CCCCCCCCCCCCCCCCCCOCC1COC(=O)O1. The molecule has 4 nitrogen and oxygen atoms in total. The summed E-state index contributed by atoms with van der Waals surface area (Å²) in [5, 5.41) is 0. The zero-order valence-corrected chi connectivity index (χ0v) is 17.1. The second-order valence-corrected chi connectivity index (χ2v) is 7.68. The largest absolute Gasteiger partial charge is 0.508 e. The summed E-state index contributed by atoms with van der Waals surface area (Å²) in [7, 11) is 0. The Morgan fingerprint density at radius 2 is 1.23 bits per heavy atom. The molecule has 0 radical (unpaired) electrons. The molecule has 0 spiro atoms. The first-order chi connectivity index (χ1) is 12.8. The molecule has 1 unspecified atom stereocenters. The van der Waals surface area contributed by atoms with Gasteiger partial charge in [0.1, 0.15) is 6.61 Å². The van der Waals surface area contributed by atoms with Crippen molar-refractivity contribution >= 4 is 6.16 Å². The number of carbonyl (C=O) groups is 1. The lowest BCUT2D eigenvalue weighted by molar-refractivity contribution is 0.0443. The van der Waals surface area contributed by atoms with E-state index < -0.39 is 6.16 Å². The molecule has 1 saturated heterocycles. The summed E-state index contributed by atoms with van der Waals surface area (Å²) in [4.78, 5) is 10.7. The molecule has 1 aliphatic heterocycles. The topological polar surface area (TPSA) is 44.8 Å². The molecule has 0 aromatic heterocycles. The van der Waals surface area contributed by atoms with Gasteiger partial charge in [-0.3, -0.25) is 0 Å². The highest BCUT2D eigenvalue weighted by molar-refractivity contribution is 5.61. The Bertz CT molecular complexity index is 319. The van der Waals surface area contributed by atoms with E-state index in [1.807, 2.05) is 0 Å². The van der Waals surface area contributed by atoms with Crippen molar-refractivity contribution in [2.75, 3.05) is 19.8 Å². The van der Waals surface area contributed by atoms with Crippen LogP contribution in [0.1, 0.15) is 110 Å². The Hall–Kier alpha value is -0.770. The van der Waals surface area contributed by atoms with Gasteiger partial charge >= 0.3 is 6.16 Å². The number of hydrogen-bond donors (Lipinski definition) is 0. The molecule has 1 fully saturated rings. The Morgan fingerprint density at radius 3 is 1.65 bits per heavy atom. The van der Waals surface area contributed by atoms with Gasteiger partial charge in [-0.1, -0.05) is 103 Å². The third-order valence-electron chi connectivity index (χ3n) is 5.10. The van der Waals surface area contributed by atoms with Gasteiger partial charge in [0.25, 0.3) is 0 Å². The van der Waals surface area contributed by atoms with Crippen molar-refractivity contribution in [2.45, 2.75) is 116 Å². The number of cyclic esters (lactones) is 2. The Kier molecular flexibility index (Phi) is 15.8. The van der Waals surface area contributed by atoms with E-state index in [0.717, 1.165) is 13.0 Å². The van der Waals surface area contributed by atoms with Crippen LogP contribution in [-0.2, 0) is 14.2 Å². The van der Waals surface area contributed by atoms with Crippen molar-refractivity contribution in [3.8, 4) is 0 Å². The quantitative estimate of drug-likeness (QED) is 0.185. The van der Waals surface area contributed by atoms with E-state index in [1.165, 1.54) is 96.3 Å². The van der Waals surface area contributed by atoms with Crippen LogP contribution in [0, 0.1) is 0 Å². The third-order valence-corrected chi connectivity index (χ3v) is 5.10. The smallest absolute Gasteiger partial charge is 0.430 e. The second-order valence-electron chi connectivity index (χ2n) is 7.68. The van der Waals surface area contributed by atoms with Crippen molar-refractivity contribution in [1.82, 2.24) is 0 Å². The zero-order chi connectivity index (χ0) is 18.7. The fraction of sp³-hybridized carbons (Fsp3) is 0.955. The van der Waals surface area contributed by atoms with Crippen molar-refractivity contribution in [3.05, 3.63) is 0 Å². The lowest BCUT2D eigenvalue weighted by Crippen LogP contribution is -2.18. The second kappa shape index (κ2) is 17.6. The average Bonchev–Trinajstić information content (AvgIpc) is 3.06. The predicted octanol–water partition coefficient (Wildman–Crippen LogP) is 6.80. The third kappa shape index (κ3) is 14.4. The molecule has 0 saturated carbocycles. The fourth-order valence-electron chi connectivity index (χ4n) is 3.41.